The summed E-state index contributed by atoms with van der Waals surface area (Å²) in [6, 6.07) is -1.19. The summed E-state index contributed by atoms with van der Waals surface area (Å²) >= 11 is 3.69. The number of hydrogen-bond acceptors (Lipinski definition) is 7. The third kappa shape index (κ3) is 4.38. The lowest BCUT2D eigenvalue weighted by Gasteiger charge is -2.13. The first kappa shape index (κ1) is 13.8. The number of thiol groups is 1. The summed E-state index contributed by atoms with van der Waals surface area (Å²) < 4.78 is 25.7. The van der Waals surface area contributed by atoms with Crippen molar-refractivity contribution in [2.75, 3.05) is 13.2 Å². The van der Waals surface area contributed by atoms with Gasteiger partial charge in [-0.3, -0.25) is 4.18 Å². The molecule has 84 valence electrons. The molecule has 0 saturated heterocycles. The van der Waals surface area contributed by atoms with Crippen LogP contribution in [-0.2, 0) is 19.1 Å². The van der Waals surface area contributed by atoms with Gasteiger partial charge in [-0.2, -0.15) is 21.0 Å². The molecule has 0 aliphatic rings. The van der Waals surface area contributed by atoms with Crippen LogP contribution in [0.3, 0.4) is 0 Å². The second kappa shape index (κ2) is 6.36. The zero-order valence-electron chi connectivity index (χ0n) is 7.50. The van der Waals surface area contributed by atoms with Crippen molar-refractivity contribution >= 4 is 29.0 Å². The summed E-state index contributed by atoms with van der Waals surface area (Å²) in [6.45, 7) is 0.300. The minimum Gasteiger partial charge on any atom is -0.330 e. The van der Waals surface area contributed by atoms with Crippen LogP contribution >= 0.6 is 12.6 Å². The van der Waals surface area contributed by atoms with E-state index in [2.05, 4.69) is 16.8 Å². The molecule has 2 atom stereocenters. The smallest absolute Gasteiger partial charge is 0.281 e. The molecule has 8 heteroatoms. The largest absolute Gasteiger partial charge is 0.330 e. The molecule has 0 aliphatic carbocycles. The van der Waals surface area contributed by atoms with E-state index in [1.807, 2.05) is 0 Å². The Labute approximate surface area is 88.5 Å². The van der Waals surface area contributed by atoms with Crippen LogP contribution in [0.15, 0.2) is 0 Å². The van der Waals surface area contributed by atoms with Crippen molar-refractivity contribution in [3.8, 4) is 0 Å². The normalized spacial score (nSPS) is 16.2. The fraction of sp³-hybridized carbons (Fsp3) is 0.833. The highest BCUT2D eigenvalue weighted by atomic mass is 32.3. The maximum Gasteiger partial charge on any atom is 0.281 e. The van der Waals surface area contributed by atoms with Crippen LogP contribution < -0.4 is 11.5 Å². The quantitative estimate of drug-likeness (QED) is 0.216. The number of hydrogen-bond donors (Lipinski definition) is 3. The first-order valence-corrected chi connectivity index (χ1v) is 5.91. The van der Waals surface area contributed by atoms with Crippen LogP contribution in [0.4, 0.5) is 0 Å². The predicted octanol–water partition coefficient (Wildman–Crippen LogP) is -1.54. The third-order valence-corrected chi connectivity index (χ3v) is 3.90. The van der Waals surface area contributed by atoms with Crippen molar-refractivity contribution in [3.63, 3.8) is 0 Å². The average Bonchev–Trinajstić information content (AvgIpc) is 2.15. The Morgan fingerprint density at radius 2 is 2.07 bits per heavy atom. The zero-order chi connectivity index (χ0) is 11.2. The first-order chi connectivity index (χ1) is 6.45. The Hall–Kier alpha value is -0.150. The van der Waals surface area contributed by atoms with E-state index < -0.39 is 20.7 Å². The Morgan fingerprint density at radius 1 is 1.50 bits per heavy atom. The molecule has 0 spiro atoms. The molecule has 0 radical (unpaired) electrons. The monoisotopic (exact) mass is 242 g/mol. The van der Waals surface area contributed by atoms with E-state index in [9.17, 15) is 13.2 Å². The molecule has 0 aromatic heterocycles. The number of rotatable bonds is 7. The standard InChI is InChI=1S/C6H14N2O4S2/c7-2-1-3-12-14(10,11)6(13)5(8)4-9/h4-6,13H,1-3,7-8H2/t5-,6?/m1/s1. The van der Waals surface area contributed by atoms with E-state index in [-0.39, 0.29) is 6.61 Å². The summed E-state index contributed by atoms with van der Waals surface area (Å²) in [5, 5.41) is 0. The number of carbonyl (C=O) groups is 1. The molecule has 4 N–H and O–H groups in total. The number of carbonyl (C=O) groups excluding carboxylic acids is 1. The van der Waals surface area contributed by atoms with Gasteiger partial charge in [-0.15, -0.1) is 0 Å². The topological polar surface area (TPSA) is 112 Å². The molecule has 0 aromatic carbocycles. The molecular formula is C6H14N2O4S2. The second-order valence-corrected chi connectivity index (χ2v) is 5.20. The number of nitrogens with two attached hydrogens (primary N) is 2. The lowest BCUT2D eigenvalue weighted by molar-refractivity contribution is -0.108. The SMILES string of the molecule is NCCCOS(=O)(=O)C(S)[C@H](N)C=O. The van der Waals surface area contributed by atoms with Gasteiger partial charge < -0.3 is 16.3 Å². The van der Waals surface area contributed by atoms with Crippen LogP contribution in [0.25, 0.3) is 0 Å². The molecule has 0 saturated carbocycles. The number of aldehydes is 1. The second-order valence-electron chi connectivity index (χ2n) is 2.56. The molecular weight excluding hydrogens is 228 g/mol. The van der Waals surface area contributed by atoms with E-state index in [1.165, 1.54) is 0 Å². The molecule has 0 rings (SSSR count). The third-order valence-electron chi connectivity index (χ3n) is 1.38. The highest BCUT2D eigenvalue weighted by Gasteiger charge is 2.28. The Bertz CT molecular complexity index is 267. The molecule has 0 heterocycles. The first-order valence-electron chi connectivity index (χ1n) is 3.93. The molecule has 0 bridgehead atoms. The van der Waals surface area contributed by atoms with Crippen molar-refractivity contribution < 1.29 is 17.4 Å². The lowest BCUT2D eigenvalue weighted by Crippen LogP contribution is -2.38. The van der Waals surface area contributed by atoms with Gasteiger partial charge in [-0.05, 0) is 13.0 Å². The van der Waals surface area contributed by atoms with Gasteiger partial charge in [0.2, 0.25) is 0 Å². The van der Waals surface area contributed by atoms with Gasteiger partial charge in [0.25, 0.3) is 10.1 Å². The van der Waals surface area contributed by atoms with Crippen molar-refractivity contribution in [3.05, 3.63) is 0 Å². The Morgan fingerprint density at radius 3 is 2.50 bits per heavy atom. The predicted molar refractivity (Wildman–Crippen MR) is 55.4 cm³/mol. The van der Waals surface area contributed by atoms with Gasteiger partial charge in [-0.25, -0.2) is 0 Å². The van der Waals surface area contributed by atoms with Crippen LogP contribution in [0.2, 0.25) is 0 Å². The fourth-order valence-corrected chi connectivity index (χ4v) is 1.78. The average molecular weight is 242 g/mol. The van der Waals surface area contributed by atoms with Gasteiger partial charge in [0.05, 0.1) is 12.6 Å². The van der Waals surface area contributed by atoms with Crippen LogP contribution in [-0.4, -0.2) is 38.5 Å². The Balaban J connectivity index is 4.24. The molecule has 0 fully saturated rings. The van der Waals surface area contributed by atoms with Gasteiger partial charge in [0, 0.05) is 0 Å². The maximum atomic E-state index is 11.2. The summed E-state index contributed by atoms with van der Waals surface area (Å²) in [4.78, 5) is 10.2. The molecule has 6 nitrogen and oxygen atoms in total. The molecule has 0 amide bonds. The van der Waals surface area contributed by atoms with Gasteiger partial charge >= 0.3 is 0 Å². The molecule has 0 aromatic rings. The van der Waals surface area contributed by atoms with Crippen LogP contribution in [0, 0.1) is 0 Å². The van der Waals surface area contributed by atoms with E-state index in [0.29, 0.717) is 19.3 Å². The minimum absolute atomic E-state index is 0.0263. The van der Waals surface area contributed by atoms with Crippen molar-refractivity contribution in [1.29, 1.82) is 0 Å². The fourth-order valence-electron chi connectivity index (χ4n) is 0.588. The van der Waals surface area contributed by atoms with Crippen molar-refractivity contribution in [2.45, 2.75) is 17.0 Å². The van der Waals surface area contributed by atoms with E-state index in [0.717, 1.165) is 0 Å². The molecule has 1 unspecified atom stereocenters. The molecule has 14 heavy (non-hydrogen) atoms. The summed E-state index contributed by atoms with van der Waals surface area (Å²) in [5.41, 5.74) is 10.3. The summed E-state index contributed by atoms with van der Waals surface area (Å²) in [5.74, 6) is 0. The van der Waals surface area contributed by atoms with E-state index in [4.69, 9.17) is 11.5 Å². The van der Waals surface area contributed by atoms with Crippen molar-refractivity contribution in [1.82, 2.24) is 0 Å². The maximum absolute atomic E-state index is 11.2. The summed E-state index contributed by atoms with van der Waals surface area (Å²) in [6.07, 6.45) is 0.720. The van der Waals surface area contributed by atoms with Crippen LogP contribution in [0.1, 0.15) is 6.42 Å². The minimum atomic E-state index is -3.89. The Kier molecular flexibility index (Phi) is 6.29. The highest BCUT2D eigenvalue weighted by Crippen LogP contribution is 2.11. The van der Waals surface area contributed by atoms with Crippen LogP contribution in [0.5, 0.6) is 0 Å². The highest BCUT2D eigenvalue weighted by molar-refractivity contribution is 8.02. The van der Waals surface area contributed by atoms with Crippen molar-refractivity contribution in [2.24, 2.45) is 11.5 Å². The molecule has 0 aliphatic heterocycles. The lowest BCUT2D eigenvalue weighted by atomic mass is 10.4. The van der Waals surface area contributed by atoms with Gasteiger partial charge in [0.15, 0.2) is 4.58 Å². The van der Waals surface area contributed by atoms with E-state index in [1.54, 1.807) is 0 Å². The summed E-state index contributed by atoms with van der Waals surface area (Å²) in [7, 11) is -3.89. The van der Waals surface area contributed by atoms with Gasteiger partial charge in [-0.1, -0.05) is 0 Å². The van der Waals surface area contributed by atoms with Gasteiger partial charge in [0.1, 0.15) is 6.29 Å². The zero-order valence-corrected chi connectivity index (χ0v) is 9.21. The van der Waals surface area contributed by atoms with E-state index >= 15 is 0 Å².